The van der Waals surface area contributed by atoms with Gasteiger partial charge in [-0.1, -0.05) is 41.9 Å². The molecule has 4 aromatic rings. The highest BCUT2D eigenvalue weighted by atomic mass is 35.5. The number of aryl methyl sites for hydroxylation is 2. The van der Waals surface area contributed by atoms with Gasteiger partial charge in [-0.2, -0.15) is 0 Å². The fourth-order valence-electron chi connectivity index (χ4n) is 3.05. The number of oxazole rings is 1. The fraction of sp³-hybridized carbons (Fsp3) is 0.100. The second-order valence-corrected chi connectivity index (χ2v) is 6.47. The minimum Gasteiger partial charge on any atom is -0.432 e. The Kier molecular flexibility index (Phi) is 4.22. The summed E-state index contributed by atoms with van der Waals surface area (Å²) in [5, 5.41) is 1.78. The third kappa shape index (κ3) is 3.09. The summed E-state index contributed by atoms with van der Waals surface area (Å²) in [4.78, 5) is 19.0. The molecule has 0 saturated carbocycles. The summed E-state index contributed by atoms with van der Waals surface area (Å²) in [5.41, 5.74) is 9.08. The van der Waals surface area contributed by atoms with E-state index in [4.69, 9.17) is 21.8 Å². The number of hydrogen-bond donors (Lipinski definition) is 2. The highest BCUT2D eigenvalue weighted by molar-refractivity contribution is 6.31. The van der Waals surface area contributed by atoms with Gasteiger partial charge in [-0.15, -0.1) is 0 Å². The minimum atomic E-state index is -0.674. The van der Waals surface area contributed by atoms with Gasteiger partial charge in [0.15, 0.2) is 5.76 Å². The molecule has 0 bridgehead atoms. The van der Waals surface area contributed by atoms with Gasteiger partial charge in [0, 0.05) is 27.7 Å². The molecule has 6 heteroatoms. The predicted octanol–water partition coefficient (Wildman–Crippen LogP) is 4.36. The van der Waals surface area contributed by atoms with Gasteiger partial charge in [-0.25, -0.2) is 4.98 Å². The second kappa shape index (κ2) is 6.69. The Morgan fingerprint density at radius 3 is 2.73 bits per heavy atom. The number of primary amides is 1. The lowest BCUT2D eigenvalue weighted by atomic mass is 10.0. The number of carbonyl (C=O) groups excluding carboxylic acids is 1. The Hall–Kier alpha value is -3.05. The van der Waals surface area contributed by atoms with Crippen molar-refractivity contribution >= 4 is 28.4 Å². The molecule has 0 atom stereocenters. The lowest BCUT2D eigenvalue weighted by molar-refractivity contribution is 0.0968. The van der Waals surface area contributed by atoms with Gasteiger partial charge in [0.1, 0.15) is 0 Å². The Morgan fingerprint density at radius 1 is 1.15 bits per heavy atom. The van der Waals surface area contributed by atoms with E-state index in [1.165, 1.54) is 0 Å². The summed E-state index contributed by atoms with van der Waals surface area (Å²) in [6.45, 7) is 0. The number of aromatic nitrogens is 2. The molecule has 2 heterocycles. The Balaban J connectivity index is 1.67. The first-order valence-corrected chi connectivity index (χ1v) is 8.60. The number of benzene rings is 2. The van der Waals surface area contributed by atoms with E-state index >= 15 is 0 Å². The monoisotopic (exact) mass is 365 g/mol. The SMILES string of the molecule is NC(=O)c1nc(CCc2c[nH]c3ccc(Cl)cc23)c(-c2ccccc2)o1. The molecule has 0 saturated heterocycles. The zero-order valence-electron chi connectivity index (χ0n) is 13.8. The smallest absolute Gasteiger partial charge is 0.304 e. The maximum Gasteiger partial charge on any atom is 0.304 e. The predicted molar refractivity (Wildman–Crippen MR) is 101 cm³/mol. The molecule has 0 aliphatic heterocycles. The van der Waals surface area contributed by atoms with Crippen LogP contribution in [0.3, 0.4) is 0 Å². The molecule has 0 unspecified atom stereocenters. The van der Waals surface area contributed by atoms with Crippen LogP contribution in [0.15, 0.2) is 59.1 Å². The van der Waals surface area contributed by atoms with E-state index in [9.17, 15) is 4.79 Å². The van der Waals surface area contributed by atoms with Crippen LogP contribution in [0.4, 0.5) is 0 Å². The van der Waals surface area contributed by atoms with Crippen LogP contribution in [0.1, 0.15) is 21.9 Å². The van der Waals surface area contributed by atoms with E-state index in [0.29, 0.717) is 22.9 Å². The first kappa shape index (κ1) is 16.4. The van der Waals surface area contributed by atoms with Gasteiger partial charge >= 0.3 is 5.91 Å². The number of H-pyrrole nitrogens is 1. The lowest BCUT2D eigenvalue weighted by Gasteiger charge is -2.02. The van der Waals surface area contributed by atoms with Crippen molar-refractivity contribution in [3.8, 4) is 11.3 Å². The van der Waals surface area contributed by atoms with Gasteiger partial charge in [0.2, 0.25) is 0 Å². The molecule has 130 valence electrons. The van der Waals surface area contributed by atoms with E-state index < -0.39 is 5.91 Å². The van der Waals surface area contributed by atoms with Crippen LogP contribution >= 0.6 is 11.6 Å². The zero-order valence-corrected chi connectivity index (χ0v) is 14.6. The Bertz CT molecular complexity index is 1080. The number of hydrogen-bond acceptors (Lipinski definition) is 3. The van der Waals surface area contributed by atoms with Crippen molar-refractivity contribution in [3.05, 3.63) is 76.9 Å². The van der Waals surface area contributed by atoms with Crippen LogP contribution in [-0.2, 0) is 12.8 Å². The summed E-state index contributed by atoms with van der Waals surface area (Å²) >= 11 is 6.12. The topological polar surface area (TPSA) is 84.9 Å². The average molecular weight is 366 g/mol. The number of amides is 1. The third-order valence-electron chi connectivity index (χ3n) is 4.30. The van der Waals surface area contributed by atoms with Gasteiger partial charge < -0.3 is 15.1 Å². The maximum absolute atomic E-state index is 11.5. The maximum atomic E-state index is 11.5. The Labute approximate surface area is 154 Å². The van der Waals surface area contributed by atoms with Gasteiger partial charge in [-0.3, -0.25) is 4.79 Å². The molecule has 4 rings (SSSR count). The van der Waals surface area contributed by atoms with Crippen molar-refractivity contribution in [2.24, 2.45) is 5.73 Å². The number of nitrogens with one attached hydrogen (secondary N) is 1. The van der Waals surface area contributed by atoms with Crippen LogP contribution in [0, 0.1) is 0 Å². The molecule has 0 aliphatic rings. The standard InChI is InChI=1S/C20H16ClN3O2/c21-14-7-9-16-15(10-14)13(11-23-16)6-8-17-18(12-4-2-1-3-5-12)26-20(24-17)19(22)25/h1-5,7,9-11,23H,6,8H2,(H2,22,25). The molecule has 0 fully saturated rings. The van der Waals surface area contributed by atoms with E-state index in [2.05, 4.69) is 9.97 Å². The van der Waals surface area contributed by atoms with Crippen molar-refractivity contribution < 1.29 is 9.21 Å². The van der Waals surface area contributed by atoms with Crippen LogP contribution in [-0.4, -0.2) is 15.9 Å². The summed E-state index contributed by atoms with van der Waals surface area (Å²) in [7, 11) is 0. The van der Waals surface area contributed by atoms with Crippen LogP contribution in [0.5, 0.6) is 0 Å². The Morgan fingerprint density at radius 2 is 1.96 bits per heavy atom. The van der Waals surface area contributed by atoms with Crippen molar-refractivity contribution in [2.45, 2.75) is 12.8 Å². The molecule has 0 spiro atoms. The molecular formula is C20H16ClN3O2. The molecule has 5 nitrogen and oxygen atoms in total. The summed E-state index contributed by atoms with van der Waals surface area (Å²) in [6.07, 6.45) is 3.31. The van der Waals surface area contributed by atoms with Crippen molar-refractivity contribution in [1.29, 1.82) is 0 Å². The van der Waals surface area contributed by atoms with Gasteiger partial charge in [-0.05, 0) is 36.6 Å². The summed E-state index contributed by atoms with van der Waals surface area (Å²) in [6, 6.07) is 15.3. The summed E-state index contributed by atoms with van der Waals surface area (Å²) in [5.74, 6) is -0.162. The first-order chi connectivity index (χ1) is 12.6. The average Bonchev–Trinajstić information content (AvgIpc) is 3.24. The van der Waals surface area contributed by atoms with Gasteiger partial charge in [0.05, 0.1) is 5.69 Å². The van der Waals surface area contributed by atoms with Crippen LogP contribution in [0.2, 0.25) is 5.02 Å². The number of nitrogens with zero attached hydrogens (tertiary/aromatic N) is 1. The summed E-state index contributed by atoms with van der Waals surface area (Å²) < 4.78 is 5.62. The molecule has 0 aliphatic carbocycles. The molecule has 0 radical (unpaired) electrons. The second-order valence-electron chi connectivity index (χ2n) is 6.03. The van der Waals surface area contributed by atoms with Crippen LogP contribution in [0.25, 0.3) is 22.2 Å². The van der Waals surface area contributed by atoms with Crippen LogP contribution < -0.4 is 5.73 Å². The minimum absolute atomic E-state index is 0.0687. The van der Waals surface area contributed by atoms with Crippen molar-refractivity contribution in [2.75, 3.05) is 0 Å². The molecule has 26 heavy (non-hydrogen) atoms. The number of nitrogens with two attached hydrogens (primary N) is 1. The van der Waals surface area contributed by atoms with E-state index in [0.717, 1.165) is 28.5 Å². The van der Waals surface area contributed by atoms with E-state index in [1.807, 2.05) is 54.7 Å². The highest BCUT2D eigenvalue weighted by Crippen LogP contribution is 2.28. The number of rotatable bonds is 5. The quantitative estimate of drug-likeness (QED) is 0.551. The molecule has 3 N–H and O–H groups in total. The molecule has 2 aromatic heterocycles. The molecular weight excluding hydrogens is 350 g/mol. The normalized spacial score (nSPS) is 11.1. The van der Waals surface area contributed by atoms with E-state index in [1.54, 1.807) is 0 Å². The lowest BCUT2D eigenvalue weighted by Crippen LogP contribution is -2.11. The molecule has 2 aromatic carbocycles. The largest absolute Gasteiger partial charge is 0.432 e. The number of halogens is 1. The highest BCUT2D eigenvalue weighted by Gasteiger charge is 2.18. The van der Waals surface area contributed by atoms with Crippen molar-refractivity contribution in [3.63, 3.8) is 0 Å². The number of aromatic amines is 1. The van der Waals surface area contributed by atoms with Crippen molar-refractivity contribution in [1.82, 2.24) is 9.97 Å². The van der Waals surface area contributed by atoms with E-state index in [-0.39, 0.29) is 5.89 Å². The molecule has 1 amide bonds. The fourth-order valence-corrected chi connectivity index (χ4v) is 3.22. The van der Waals surface area contributed by atoms with Gasteiger partial charge in [0.25, 0.3) is 5.89 Å². The number of fused-ring (bicyclic) bond motifs is 1. The zero-order chi connectivity index (χ0) is 18.1. The third-order valence-corrected chi connectivity index (χ3v) is 4.54. The first-order valence-electron chi connectivity index (χ1n) is 8.22. The number of carbonyl (C=O) groups is 1.